The van der Waals surface area contributed by atoms with Crippen molar-refractivity contribution in [2.45, 2.75) is 33.4 Å². The Labute approximate surface area is 139 Å². The van der Waals surface area contributed by atoms with E-state index >= 15 is 0 Å². The van der Waals surface area contributed by atoms with Gasteiger partial charge < -0.3 is 18.9 Å². The van der Waals surface area contributed by atoms with Crippen LogP contribution in [0.4, 0.5) is 5.69 Å². The number of rotatable bonds is 3. The Morgan fingerprint density at radius 1 is 1.38 bits per heavy atom. The van der Waals surface area contributed by atoms with Crippen molar-refractivity contribution in [3.63, 3.8) is 0 Å². The predicted molar refractivity (Wildman–Crippen MR) is 85.0 cm³/mol. The molecule has 0 radical (unpaired) electrons. The second-order valence-corrected chi connectivity index (χ2v) is 5.66. The summed E-state index contributed by atoms with van der Waals surface area (Å²) < 4.78 is 15.6. The molecule has 1 atom stereocenters. The summed E-state index contributed by atoms with van der Waals surface area (Å²) in [5, 5.41) is 3.92. The fourth-order valence-corrected chi connectivity index (χ4v) is 2.70. The number of aryl methyl sites for hydroxylation is 2. The van der Waals surface area contributed by atoms with E-state index < -0.39 is 12.1 Å². The average Bonchev–Trinajstić information content (AvgIpc) is 2.89. The molecule has 0 saturated carbocycles. The van der Waals surface area contributed by atoms with Crippen LogP contribution >= 0.6 is 0 Å². The maximum atomic E-state index is 12.6. The molecule has 0 saturated heterocycles. The van der Waals surface area contributed by atoms with Crippen molar-refractivity contribution in [1.29, 1.82) is 0 Å². The van der Waals surface area contributed by atoms with Crippen LogP contribution in [0.25, 0.3) is 0 Å². The minimum Gasteiger partial charge on any atom is -0.479 e. The van der Waals surface area contributed by atoms with Gasteiger partial charge in [0.1, 0.15) is 11.5 Å². The summed E-state index contributed by atoms with van der Waals surface area (Å²) in [5.74, 6) is 0.539. The summed E-state index contributed by atoms with van der Waals surface area (Å²) in [7, 11) is 1.31. The molecule has 1 amide bonds. The van der Waals surface area contributed by atoms with Gasteiger partial charge in [-0.3, -0.25) is 4.79 Å². The van der Waals surface area contributed by atoms with Crippen LogP contribution in [0.2, 0.25) is 0 Å². The van der Waals surface area contributed by atoms with Crippen LogP contribution in [-0.2, 0) is 16.1 Å². The number of anilines is 1. The van der Waals surface area contributed by atoms with Crippen LogP contribution in [0, 0.1) is 13.8 Å². The van der Waals surface area contributed by atoms with E-state index in [0.29, 0.717) is 29.3 Å². The SMILES string of the molecule is COC(=O)c1ccc2c(c1)N(Cc1c(C)noc1C)C(=O)C(C)O2. The molecule has 0 bridgehead atoms. The molecule has 24 heavy (non-hydrogen) atoms. The molecule has 0 N–H and O–H groups in total. The van der Waals surface area contributed by atoms with Crippen LogP contribution in [0.3, 0.4) is 0 Å². The summed E-state index contributed by atoms with van der Waals surface area (Å²) in [6.45, 7) is 5.62. The maximum Gasteiger partial charge on any atom is 0.337 e. The summed E-state index contributed by atoms with van der Waals surface area (Å²) in [4.78, 5) is 26.0. The fourth-order valence-electron chi connectivity index (χ4n) is 2.70. The average molecular weight is 330 g/mol. The topological polar surface area (TPSA) is 81.9 Å². The monoisotopic (exact) mass is 330 g/mol. The minimum absolute atomic E-state index is 0.190. The first-order chi connectivity index (χ1) is 11.4. The summed E-state index contributed by atoms with van der Waals surface area (Å²) in [5.41, 5.74) is 2.45. The zero-order valence-electron chi connectivity index (χ0n) is 14.0. The van der Waals surface area contributed by atoms with Gasteiger partial charge in [0.25, 0.3) is 5.91 Å². The van der Waals surface area contributed by atoms with Gasteiger partial charge in [0.2, 0.25) is 0 Å². The van der Waals surface area contributed by atoms with Gasteiger partial charge in [0.15, 0.2) is 6.10 Å². The van der Waals surface area contributed by atoms with Gasteiger partial charge >= 0.3 is 5.97 Å². The van der Waals surface area contributed by atoms with Gasteiger partial charge in [-0.15, -0.1) is 0 Å². The number of methoxy groups -OCH3 is 1. The maximum absolute atomic E-state index is 12.6. The molecular weight excluding hydrogens is 312 g/mol. The minimum atomic E-state index is -0.609. The van der Waals surface area contributed by atoms with E-state index in [9.17, 15) is 9.59 Å². The predicted octanol–water partition coefficient (Wildman–Crippen LogP) is 2.39. The van der Waals surface area contributed by atoms with Crippen LogP contribution in [-0.4, -0.2) is 30.2 Å². The molecule has 1 aliphatic heterocycles. The second kappa shape index (κ2) is 5.99. The fraction of sp³-hybridized carbons (Fsp3) is 0.353. The molecule has 1 aromatic heterocycles. The molecule has 7 heteroatoms. The first kappa shape index (κ1) is 16.0. The summed E-state index contributed by atoms with van der Waals surface area (Å²) in [6.07, 6.45) is -0.609. The Bertz CT molecular complexity index is 792. The normalized spacial score (nSPS) is 16.6. The van der Waals surface area contributed by atoms with Gasteiger partial charge in [0, 0.05) is 5.56 Å². The summed E-state index contributed by atoms with van der Waals surface area (Å²) >= 11 is 0. The lowest BCUT2D eigenvalue weighted by Gasteiger charge is -2.33. The van der Waals surface area contributed by atoms with Gasteiger partial charge in [-0.1, -0.05) is 5.16 Å². The van der Waals surface area contributed by atoms with E-state index in [2.05, 4.69) is 5.16 Å². The number of amides is 1. The molecule has 3 rings (SSSR count). The largest absolute Gasteiger partial charge is 0.479 e. The zero-order chi connectivity index (χ0) is 17.4. The van der Waals surface area contributed by atoms with Crippen molar-refractivity contribution in [2.24, 2.45) is 0 Å². The highest BCUT2D eigenvalue weighted by Gasteiger charge is 2.33. The molecule has 2 aromatic rings. The smallest absolute Gasteiger partial charge is 0.337 e. The highest BCUT2D eigenvalue weighted by molar-refractivity contribution is 6.01. The van der Waals surface area contributed by atoms with E-state index in [-0.39, 0.29) is 5.91 Å². The molecule has 7 nitrogen and oxygen atoms in total. The van der Waals surface area contributed by atoms with E-state index in [1.807, 2.05) is 6.92 Å². The van der Waals surface area contributed by atoms with Crippen LogP contribution in [0.15, 0.2) is 22.7 Å². The number of carbonyl (C=O) groups is 2. The van der Waals surface area contributed by atoms with Gasteiger partial charge in [-0.2, -0.15) is 0 Å². The lowest BCUT2D eigenvalue weighted by molar-refractivity contribution is -0.125. The Balaban J connectivity index is 2.05. The molecule has 2 heterocycles. The number of carbonyl (C=O) groups excluding carboxylic acids is 2. The van der Waals surface area contributed by atoms with Crippen molar-refractivity contribution >= 4 is 17.6 Å². The number of fused-ring (bicyclic) bond motifs is 1. The Morgan fingerprint density at radius 2 is 2.12 bits per heavy atom. The molecular formula is C17H18N2O5. The first-order valence-corrected chi connectivity index (χ1v) is 7.54. The lowest BCUT2D eigenvalue weighted by atomic mass is 10.1. The number of esters is 1. The van der Waals surface area contributed by atoms with Crippen molar-refractivity contribution < 1.29 is 23.6 Å². The van der Waals surface area contributed by atoms with Crippen molar-refractivity contribution in [2.75, 3.05) is 12.0 Å². The van der Waals surface area contributed by atoms with Crippen LogP contribution in [0.1, 0.15) is 34.3 Å². The third kappa shape index (κ3) is 2.62. The third-order valence-electron chi connectivity index (χ3n) is 4.09. The van der Waals surface area contributed by atoms with E-state index in [0.717, 1.165) is 11.3 Å². The molecule has 0 aliphatic carbocycles. The molecule has 126 valence electrons. The molecule has 0 fully saturated rings. The Morgan fingerprint density at radius 3 is 2.75 bits per heavy atom. The Hall–Kier alpha value is -2.83. The quantitative estimate of drug-likeness (QED) is 0.804. The molecule has 0 spiro atoms. The van der Waals surface area contributed by atoms with Gasteiger partial charge in [0.05, 0.1) is 30.6 Å². The number of benzene rings is 1. The van der Waals surface area contributed by atoms with E-state index in [4.69, 9.17) is 14.0 Å². The van der Waals surface area contributed by atoms with Crippen LogP contribution in [0.5, 0.6) is 5.75 Å². The first-order valence-electron chi connectivity index (χ1n) is 7.54. The third-order valence-corrected chi connectivity index (χ3v) is 4.09. The van der Waals surface area contributed by atoms with Crippen molar-refractivity contribution in [1.82, 2.24) is 5.16 Å². The highest BCUT2D eigenvalue weighted by atomic mass is 16.5. The van der Waals surface area contributed by atoms with Crippen molar-refractivity contribution in [3.8, 4) is 5.75 Å². The van der Waals surface area contributed by atoms with Crippen LogP contribution < -0.4 is 9.64 Å². The standard InChI is InChI=1S/C17H18N2O5/c1-9-13(10(2)24-18-9)8-19-14-7-12(17(21)22-4)5-6-15(14)23-11(3)16(19)20/h5-7,11H,8H2,1-4H3. The number of hydrogen-bond donors (Lipinski definition) is 0. The van der Waals surface area contributed by atoms with Crippen molar-refractivity contribution in [3.05, 3.63) is 40.8 Å². The lowest BCUT2D eigenvalue weighted by Crippen LogP contribution is -2.44. The highest BCUT2D eigenvalue weighted by Crippen LogP contribution is 2.36. The molecule has 1 aliphatic rings. The second-order valence-electron chi connectivity index (χ2n) is 5.66. The molecule has 1 aromatic carbocycles. The van der Waals surface area contributed by atoms with E-state index in [1.165, 1.54) is 7.11 Å². The summed E-state index contributed by atoms with van der Waals surface area (Å²) in [6, 6.07) is 4.88. The number of aromatic nitrogens is 1. The number of hydrogen-bond acceptors (Lipinski definition) is 6. The number of nitrogens with zero attached hydrogens (tertiary/aromatic N) is 2. The Kier molecular flexibility index (Phi) is 4.01. The molecule has 1 unspecified atom stereocenters. The van der Waals surface area contributed by atoms with E-state index in [1.54, 1.807) is 36.9 Å². The van der Waals surface area contributed by atoms with Gasteiger partial charge in [-0.05, 0) is 39.0 Å². The number of ether oxygens (including phenoxy) is 2. The van der Waals surface area contributed by atoms with Gasteiger partial charge in [-0.25, -0.2) is 4.79 Å². The zero-order valence-corrected chi connectivity index (χ0v) is 14.0.